The van der Waals surface area contributed by atoms with Gasteiger partial charge in [0.2, 0.25) is 0 Å². The maximum absolute atomic E-state index is 11.9. The minimum Gasteiger partial charge on any atom is -0.484 e. The molecule has 1 amide bonds. The van der Waals surface area contributed by atoms with Crippen molar-refractivity contribution in [2.45, 2.75) is 0 Å². The Morgan fingerprint density at radius 2 is 1.68 bits per heavy atom. The van der Waals surface area contributed by atoms with Crippen LogP contribution in [0, 0.1) is 0 Å². The van der Waals surface area contributed by atoms with Crippen molar-refractivity contribution >= 4 is 34.0 Å². The van der Waals surface area contributed by atoms with Crippen LogP contribution < -0.4 is 10.1 Å². The summed E-state index contributed by atoms with van der Waals surface area (Å²) in [6.45, 7) is -0.0472. The summed E-state index contributed by atoms with van der Waals surface area (Å²) in [7, 11) is 0. The van der Waals surface area contributed by atoms with Crippen LogP contribution in [0.15, 0.2) is 66.7 Å². The number of anilines is 1. The molecule has 3 aromatic carbocycles. The zero-order valence-electron chi connectivity index (χ0n) is 11.8. The monoisotopic (exact) mass is 311 g/mol. The molecular formula is C18H14ClNO2. The molecule has 0 fully saturated rings. The van der Waals surface area contributed by atoms with Gasteiger partial charge in [0.05, 0.1) is 0 Å². The summed E-state index contributed by atoms with van der Waals surface area (Å²) < 4.78 is 5.41. The minimum absolute atomic E-state index is 0.0472. The molecule has 0 saturated carbocycles. The number of halogens is 1. The quantitative estimate of drug-likeness (QED) is 0.770. The van der Waals surface area contributed by atoms with Crippen LogP contribution in [-0.2, 0) is 4.79 Å². The van der Waals surface area contributed by atoms with Crippen LogP contribution in [0.2, 0.25) is 5.02 Å². The molecule has 0 aliphatic heterocycles. The van der Waals surface area contributed by atoms with Gasteiger partial charge >= 0.3 is 0 Å². The summed E-state index contributed by atoms with van der Waals surface area (Å²) in [4.78, 5) is 11.9. The first-order valence-electron chi connectivity index (χ1n) is 6.88. The number of hydrogen-bond donors (Lipinski definition) is 1. The maximum Gasteiger partial charge on any atom is 0.262 e. The molecule has 0 unspecified atom stereocenters. The molecule has 0 aliphatic carbocycles. The van der Waals surface area contributed by atoms with Crippen molar-refractivity contribution in [3.63, 3.8) is 0 Å². The molecule has 0 aliphatic rings. The zero-order chi connectivity index (χ0) is 15.4. The van der Waals surface area contributed by atoms with E-state index in [1.54, 1.807) is 24.3 Å². The third kappa shape index (κ3) is 3.57. The van der Waals surface area contributed by atoms with Crippen LogP contribution in [0.3, 0.4) is 0 Å². The van der Waals surface area contributed by atoms with E-state index >= 15 is 0 Å². The summed E-state index contributed by atoms with van der Waals surface area (Å²) in [6, 6.07) is 20.7. The molecule has 0 spiro atoms. The molecular weight excluding hydrogens is 298 g/mol. The lowest BCUT2D eigenvalue weighted by molar-refractivity contribution is -0.118. The molecule has 0 bridgehead atoms. The van der Waals surface area contributed by atoms with E-state index in [0.29, 0.717) is 10.8 Å². The van der Waals surface area contributed by atoms with Gasteiger partial charge in [-0.15, -0.1) is 0 Å². The Bertz CT molecular complexity index is 800. The number of carbonyl (C=O) groups excluding carboxylic acids is 1. The molecule has 3 rings (SSSR count). The molecule has 22 heavy (non-hydrogen) atoms. The van der Waals surface area contributed by atoms with Gasteiger partial charge in [-0.2, -0.15) is 0 Å². The maximum atomic E-state index is 11.9. The lowest BCUT2D eigenvalue weighted by Crippen LogP contribution is -2.20. The van der Waals surface area contributed by atoms with Crippen molar-refractivity contribution in [1.82, 2.24) is 0 Å². The topological polar surface area (TPSA) is 38.3 Å². The van der Waals surface area contributed by atoms with Crippen LogP contribution in [0.25, 0.3) is 10.8 Å². The van der Waals surface area contributed by atoms with Gasteiger partial charge in [0.1, 0.15) is 5.75 Å². The number of amides is 1. The Morgan fingerprint density at radius 1 is 0.955 bits per heavy atom. The average Bonchev–Trinajstić information content (AvgIpc) is 2.54. The van der Waals surface area contributed by atoms with E-state index in [4.69, 9.17) is 16.3 Å². The summed E-state index contributed by atoms with van der Waals surface area (Å²) in [5.74, 6) is 0.406. The predicted octanol–water partition coefficient (Wildman–Crippen LogP) is 4.51. The second-order valence-corrected chi connectivity index (χ2v) is 5.29. The normalized spacial score (nSPS) is 10.4. The van der Waals surface area contributed by atoms with Crippen LogP contribution in [0.1, 0.15) is 0 Å². The third-order valence-electron chi connectivity index (χ3n) is 3.22. The number of benzene rings is 3. The van der Waals surface area contributed by atoms with Gasteiger partial charge in [-0.25, -0.2) is 0 Å². The fourth-order valence-corrected chi connectivity index (χ4v) is 2.27. The Labute approximate surface area is 133 Å². The fourth-order valence-electron chi connectivity index (χ4n) is 2.14. The molecule has 0 heterocycles. The second-order valence-electron chi connectivity index (χ2n) is 4.85. The highest BCUT2D eigenvalue weighted by molar-refractivity contribution is 6.30. The molecule has 0 saturated heterocycles. The van der Waals surface area contributed by atoms with E-state index in [1.165, 1.54) is 0 Å². The molecule has 4 heteroatoms. The lowest BCUT2D eigenvalue weighted by atomic mass is 10.1. The molecule has 0 radical (unpaired) electrons. The number of nitrogens with one attached hydrogen (secondary N) is 1. The smallest absolute Gasteiger partial charge is 0.262 e. The van der Waals surface area contributed by atoms with Crippen molar-refractivity contribution in [2.24, 2.45) is 0 Å². The minimum atomic E-state index is -0.203. The van der Waals surface area contributed by atoms with Crippen molar-refractivity contribution in [3.05, 3.63) is 71.8 Å². The first-order chi connectivity index (χ1) is 10.7. The number of hydrogen-bond acceptors (Lipinski definition) is 2. The van der Waals surface area contributed by atoms with Gasteiger partial charge < -0.3 is 10.1 Å². The molecule has 3 aromatic rings. The Balaban J connectivity index is 1.61. The van der Waals surface area contributed by atoms with Gasteiger partial charge in [-0.3, -0.25) is 4.79 Å². The van der Waals surface area contributed by atoms with Crippen LogP contribution in [-0.4, -0.2) is 12.5 Å². The number of rotatable bonds is 4. The van der Waals surface area contributed by atoms with Gasteiger partial charge in [-0.1, -0.05) is 41.9 Å². The largest absolute Gasteiger partial charge is 0.484 e. The van der Waals surface area contributed by atoms with E-state index in [0.717, 1.165) is 16.5 Å². The van der Waals surface area contributed by atoms with Gasteiger partial charge in [-0.05, 0) is 47.2 Å². The average molecular weight is 312 g/mol. The highest BCUT2D eigenvalue weighted by Crippen LogP contribution is 2.19. The summed E-state index contributed by atoms with van der Waals surface area (Å²) in [5.41, 5.74) is 0.753. The fraction of sp³-hybridized carbons (Fsp3) is 0.0556. The van der Waals surface area contributed by atoms with Gasteiger partial charge in [0.15, 0.2) is 6.61 Å². The van der Waals surface area contributed by atoms with E-state index in [-0.39, 0.29) is 12.5 Å². The standard InChI is InChI=1S/C18H14ClNO2/c19-15-6-9-17(10-7-15)22-12-18(21)20-16-8-5-13-3-1-2-4-14(13)11-16/h1-11H,12H2,(H,20,21). The van der Waals surface area contributed by atoms with Crippen LogP contribution in [0.5, 0.6) is 5.75 Å². The highest BCUT2D eigenvalue weighted by Gasteiger charge is 2.04. The van der Waals surface area contributed by atoms with Crippen molar-refractivity contribution < 1.29 is 9.53 Å². The van der Waals surface area contributed by atoms with E-state index < -0.39 is 0 Å². The van der Waals surface area contributed by atoms with Gasteiger partial charge in [0, 0.05) is 10.7 Å². The Hall–Kier alpha value is -2.52. The van der Waals surface area contributed by atoms with Crippen LogP contribution in [0.4, 0.5) is 5.69 Å². The van der Waals surface area contributed by atoms with Crippen molar-refractivity contribution in [3.8, 4) is 5.75 Å². The van der Waals surface area contributed by atoms with Crippen molar-refractivity contribution in [1.29, 1.82) is 0 Å². The molecule has 0 aromatic heterocycles. The molecule has 0 atom stereocenters. The van der Waals surface area contributed by atoms with Crippen LogP contribution >= 0.6 is 11.6 Å². The Kier molecular flexibility index (Phi) is 4.26. The van der Waals surface area contributed by atoms with E-state index in [9.17, 15) is 4.79 Å². The third-order valence-corrected chi connectivity index (χ3v) is 3.47. The molecule has 110 valence electrons. The molecule has 3 nitrogen and oxygen atoms in total. The van der Waals surface area contributed by atoms with E-state index in [2.05, 4.69) is 5.32 Å². The summed E-state index contributed by atoms with van der Waals surface area (Å²) in [6.07, 6.45) is 0. The first-order valence-corrected chi connectivity index (χ1v) is 7.25. The SMILES string of the molecule is O=C(COc1ccc(Cl)cc1)Nc1ccc2ccccc2c1. The Morgan fingerprint density at radius 3 is 2.45 bits per heavy atom. The number of carbonyl (C=O) groups is 1. The van der Waals surface area contributed by atoms with Crippen molar-refractivity contribution in [2.75, 3.05) is 11.9 Å². The first kappa shape index (κ1) is 14.4. The predicted molar refractivity (Wildman–Crippen MR) is 89.5 cm³/mol. The summed E-state index contributed by atoms with van der Waals surface area (Å²) in [5, 5.41) is 5.68. The van der Waals surface area contributed by atoms with E-state index in [1.807, 2.05) is 42.5 Å². The second kappa shape index (κ2) is 6.50. The lowest BCUT2D eigenvalue weighted by Gasteiger charge is -2.08. The zero-order valence-corrected chi connectivity index (χ0v) is 12.5. The number of fused-ring (bicyclic) bond motifs is 1. The van der Waals surface area contributed by atoms with Gasteiger partial charge in [0.25, 0.3) is 5.91 Å². The summed E-state index contributed by atoms with van der Waals surface area (Å²) >= 11 is 5.79. The molecule has 1 N–H and O–H groups in total. The number of ether oxygens (including phenoxy) is 1. The highest BCUT2D eigenvalue weighted by atomic mass is 35.5.